The highest BCUT2D eigenvalue weighted by Crippen LogP contribution is 2.76. The quantitative estimate of drug-likeness (QED) is 0.539. The van der Waals surface area contributed by atoms with Crippen molar-refractivity contribution in [2.45, 2.75) is 90.6 Å². The van der Waals surface area contributed by atoms with Crippen molar-refractivity contribution in [3.05, 3.63) is 11.6 Å². The van der Waals surface area contributed by atoms with Crippen molar-refractivity contribution in [1.82, 2.24) is 0 Å². The monoisotopic (exact) mass is 382 g/mol. The van der Waals surface area contributed by atoms with Crippen molar-refractivity contribution in [1.29, 1.82) is 0 Å². The van der Waals surface area contributed by atoms with E-state index in [-0.39, 0.29) is 22.4 Å². The fraction of sp³-hybridized carbons (Fsp3) is 0.840. The highest BCUT2D eigenvalue weighted by Gasteiger charge is 2.72. The van der Waals surface area contributed by atoms with Crippen molar-refractivity contribution in [3.63, 3.8) is 0 Å². The molecule has 7 atom stereocenters. The maximum atomic E-state index is 12.3. The van der Waals surface area contributed by atoms with E-state index in [1.54, 1.807) is 0 Å². The van der Waals surface area contributed by atoms with Gasteiger partial charge in [-0.1, -0.05) is 26.3 Å². The molecule has 6 rings (SSSR count). The van der Waals surface area contributed by atoms with Gasteiger partial charge in [0.2, 0.25) is 0 Å². The number of carbonyl (C=O) groups excluding carboxylic acids is 2. The first-order valence-corrected chi connectivity index (χ1v) is 11.7. The molecule has 28 heavy (non-hydrogen) atoms. The summed E-state index contributed by atoms with van der Waals surface area (Å²) < 4.78 is 6.19. The lowest BCUT2D eigenvalue weighted by molar-refractivity contribution is -0.174. The molecule has 0 aromatic carbocycles. The van der Waals surface area contributed by atoms with Gasteiger partial charge < -0.3 is 4.74 Å². The fourth-order valence-electron chi connectivity index (χ4n) is 9.36. The molecule has 0 bridgehead atoms. The maximum absolute atomic E-state index is 12.3. The molecule has 1 saturated heterocycles. The van der Waals surface area contributed by atoms with Gasteiger partial charge in [-0.05, 0) is 91.9 Å². The molecule has 4 saturated carbocycles. The number of hydrogen-bond acceptors (Lipinski definition) is 3. The van der Waals surface area contributed by atoms with Gasteiger partial charge in [0.05, 0.1) is 0 Å². The van der Waals surface area contributed by atoms with E-state index in [0.29, 0.717) is 35.4 Å². The summed E-state index contributed by atoms with van der Waals surface area (Å²) in [6.45, 7) is 7.31. The summed E-state index contributed by atoms with van der Waals surface area (Å²) in [7, 11) is 0. The SMILES string of the molecule is CC1CC2C3CC4(CC4)C4=CC(=O)CCC4(C)C3CCC2(C)C12CCC(=O)O2. The van der Waals surface area contributed by atoms with E-state index < -0.39 is 0 Å². The van der Waals surface area contributed by atoms with E-state index in [1.165, 1.54) is 44.1 Å². The Bertz CT molecular complexity index is 807. The molecule has 0 aromatic heterocycles. The summed E-state index contributed by atoms with van der Waals surface area (Å²) in [4.78, 5) is 24.5. The van der Waals surface area contributed by atoms with Crippen LogP contribution in [0.25, 0.3) is 0 Å². The van der Waals surface area contributed by atoms with Gasteiger partial charge in [0, 0.05) is 18.3 Å². The minimum Gasteiger partial charge on any atom is -0.458 e. The molecular formula is C25H34O3. The Morgan fingerprint density at radius 3 is 2.46 bits per heavy atom. The maximum Gasteiger partial charge on any atom is 0.306 e. The number of allylic oxidation sites excluding steroid dienone is 1. The lowest BCUT2D eigenvalue weighted by atomic mass is 9.44. The van der Waals surface area contributed by atoms with Gasteiger partial charge in [0.25, 0.3) is 0 Å². The molecule has 3 heteroatoms. The predicted octanol–water partition coefficient (Wildman–Crippen LogP) is 5.23. The highest BCUT2D eigenvalue weighted by atomic mass is 16.6. The third-order valence-electron chi connectivity index (χ3n) is 10.9. The average molecular weight is 383 g/mol. The van der Waals surface area contributed by atoms with Crippen molar-refractivity contribution in [3.8, 4) is 0 Å². The molecule has 0 radical (unpaired) electrons. The van der Waals surface area contributed by atoms with Crippen LogP contribution in [0.1, 0.15) is 85.0 Å². The molecule has 2 spiro atoms. The minimum absolute atomic E-state index is 0.0288. The van der Waals surface area contributed by atoms with Crippen LogP contribution in [0.5, 0.6) is 0 Å². The van der Waals surface area contributed by atoms with Crippen LogP contribution in [0.4, 0.5) is 0 Å². The van der Waals surface area contributed by atoms with Crippen molar-refractivity contribution < 1.29 is 14.3 Å². The van der Waals surface area contributed by atoms with Crippen LogP contribution in [0.2, 0.25) is 0 Å². The molecule has 5 fully saturated rings. The molecular weight excluding hydrogens is 348 g/mol. The molecule has 0 amide bonds. The molecule has 152 valence electrons. The van der Waals surface area contributed by atoms with E-state index in [2.05, 4.69) is 26.8 Å². The lowest BCUT2D eigenvalue weighted by Gasteiger charge is -2.61. The zero-order chi connectivity index (χ0) is 19.5. The highest BCUT2D eigenvalue weighted by molar-refractivity contribution is 5.92. The molecule has 3 nitrogen and oxygen atoms in total. The molecule has 1 heterocycles. The Balaban J connectivity index is 1.43. The Kier molecular flexibility index (Phi) is 3.25. The van der Waals surface area contributed by atoms with Crippen LogP contribution in [0, 0.1) is 39.9 Å². The van der Waals surface area contributed by atoms with Gasteiger partial charge in [-0.3, -0.25) is 9.59 Å². The van der Waals surface area contributed by atoms with Gasteiger partial charge in [-0.15, -0.1) is 0 Å². The second-order valence-corrected chi connectivity index (χ2v) is 11.8. The Labute approximate surface area is 168 Å². The van der Waals surface area contributed by atoms with E-state index in [0.717, 1.165) is 25.2 Å². The summed E-state index contributed by atoms with van der Waals surface area (Å²) in [6, 6.07) is 0. The van der Waals surface area contributed by atoms with E-state index in [4.69, 9.17) is 4.74 Å². The average Bonchev–Trinajstić information content (AvgIpc) is 3.24. The van der Waals surface area contributed by atoms with Crippen molar-refractivity contribution in [2.24, 2.45) is 39.9 Å². The van der Waals surface area contributed by atoms with E-state index in [9.17, 15) is 9.59 Å². The topological polar surface area (TPSA) is 43.4 Å². The van der Waals surface area contributed by atoms with Crippen LogP contribution in [-0.2, 0) is 14.3 Å². The number of carbonyl (C=O) groups is 2. The standard InChI is InChI=1S/C25H34O3/c1-15-12-19-17-14-24(10-11-24)20-13-16(26)4-7-22(20,2)18(17)5-8-23(19,3)25(15)9-6-21(27)28-25/h13,15,17-19H,4-12,14H2,1-3H3. The van der Waals surface area contributed by atoms with Crippen molar-refractivity contribution in [2.75, 3.05) is 0 Å². The van der Waals surface area contributed by atoms with Gasteiger partial charge in [-0.25, -0.2) is 0 Å². The molecule has 0 aromatic rings. The Hall–Kier alpha value is -1.12. The molecule has 5 aliphatic carbocycles. The number of fused-ring (bicyclic) bond motifs is 7. The predicted molar refractivity (Wildman–Crippen MR) is 106 cm³/mol. The minimum atomic E-state index is -0.212. The van der Waals surface area contributed by atoms with Gasteiger partial charge >= 0.3 is 5.97 Å². The van der Waals surface area contributed by atoms with Crippen LogP contribution in [0.15, 0.2) is 11.6 Å². The Morgan fingerprint density at radius 2 is 1.79 bits per heavy atom. The summed E-state index contributed by atoms with van der Waals surface area (Å²) in [5.74, 6) is 2.97. The third kappa shape index (κ3) is 1.88. The molecule has 1 aliphatic heterocycles. The van der Waals surface area contributed by atoms with Gasteiger partial charge in [0.1, 0.15) is 5.60 Å². The van der Waals surface area contributed by atoms with E-state index >= 15 is 0 Å². The van der Waals surface area contributed by atoms with Crippen LogP contribution in [-0.4, -0.2) is 17.4 Å². The second-order valence-electron chi connectivity index (χ2n) is 11.8. The van der Waals surface area contributed by atoms with Gasteiger partial charge in [0.15, 0.2) is 5.78 Å². The zero-order valence-electron chi connectivity index (χ0n) is 17.7. The lowest BCUT2D eigenvalue weighted by Crippen LogP contribution is -2.57. The summed E-state index contributed by atoms with van der Waals surface area (Å²) in [5.41, 5.74) is 2.01. The number of ether oxygens (including phenoxy) is 1. The third-order valence-corrected chi connectivity index (χ3v) is 10.9. The first kappa shape index (κ1) is 17.7. The number of esters is 1. The smallest absolute Gasteiger partial charge is 0.306 e. The van der Waals surface area contributed by atoms with Crippen molar-refractivity contribution >= 4 is 11.8 Å². The fourth-order valence-corrected chi connectivity index (χ4v) is 9.36. The normalized spacial score (nSPS) is 53.5. The van der Waals surface area contributed by atoms with Crippen LogP contribution < -0.4 is 0 Å². The first-order chi connectivity index (χ1) is 13.2. The van der Waals surface area contributed by atoms with Crippen LogP contribution in [0.3, 0.4) is 0 Å². The first-order valence-electron chi connectivity index (χ1n) is 11.7. The van der Waals surface area contributed by atoms with Gasteiger partial charge in [-0.2, -0.15) is 0 Å². The number of ketones is 1. The largest absolute Gasteiger partial charge is 0.458 e. The number of hydrogen-bond donors (Lipinski definition) is 0. The Morgan fingerprint density at radius 1 is 1.00 bits per heavy atom. The molecule has 7 unspecified atom stereocenters. The zero-order valence-corrected chi connectivity index (χ0v) is 17.7. The van der Waals surface area contributed by atoms with Crippen LogP contribution >= 0.6 is 0 Å². The molecule has 6 aliphatic rings. The summed E-state index contributed by atoms with van der Waals surface area (Å²) in [5, 5.41) is 0. The molecule has 0 N–H and O–H groups in total. The summed E-state index contributed by atoms with van der Waals surface area (Å²) in [6.07, 6.45) is 12.9. The summed E-state index contributed by atoms with van der Waals surface area (Å²) >= 11 is 0. The second kappa shape index (κ2) is 5.13. The number of rotatable bonds is 0. The van der Waals surface area contributed by atoms with E-state index in [1.807, 2.05) is 0 Å².